The van der Waals surface area contributed by atoms with E-state index in [1.54, 1.807) is 7.11 Å². The first-order valence-electron chi connectivity index (χ1n) is 9.68. The molecule has 0 bridgehead atoms. The van der Waals surface area contributed by atoms with Gasteiger partial charge in [-0.3, -0.25) is 14.8 Å². The summed E-state index contributed by atoms with van der Waals surface area (Å²) in [7, 11) is 1.68. The van der Waals surface area contributed by atoms with Gasteiger partial charge in [-0.05, 0) is 36.5 Å². The van der Waals surface area contributed by atoms with Gasteiger partial charge in [0.2, 0.25) is 5.91 Å². The van der Waals surface area contributed by atoms with Gasteiger partial charge in [0.05, 0.1) is 18.3 Å². The van der Waals surface area contributed by atoms with Crippen LogP contribution in [0.2, 0.25) is 0 Å². The summed E-state index contributed by atoms with van der Waals surface area (Å²) < 4.78 is 5.34. The number of carbonyl (C=O) groups is 1. The van der Waals surface area contributed by atoms with Crippen molar-refractivity contribution in [2.75, 3.05) is 33.3 Å². The normalized spacial score (nSPS) is 22.6. The van der Waals surface area contributed by atoms with Crippen LogP contribution in [0.25, 0.3) is 10.9 Å². The third-order valence-electron chi connectivity index (χ3n) is 6.00. The van der Waals surface area contributed by atoms with Crippen molar-refractivity contribution in [2.45, 2.75) is 38.8 Å². The van der Waals surface area contributed by atoms with Crippen LogP contribution in [0, 0.1) is 5.41 Å². The second-order valence-electron chi connectivity index (χ2n) is 8.64. The van der Waals surface area contributed by atoms with E-state index in [1.807, 2.05) is 18.2 Å². The quantitative estimate of drug-likeness (QED) is 0.764. The summed E-state index contributed by atoms with van der Waals surface area (Å²) >= 11 is 0. The number of hydrogen-bond donors (Lipinski definition) is 3. The van der Waals surface area contributed by atoms with E-state index in [2.05, 4.69) is 39.6 Å². The third kappa shape index (κ3) is 3.53. The van der Waals surface area contributed by atoms with Gasteiger partial charge in [0.25, 0.3) is 0 Å². The second kappa shape index (κ2) is 6.80. The minimum absolute atomic E-state index is 0.0875. The number of fused-ring (bicyclic) bond motifs is 1. The van der Waals surface area contributed by atoms with E-state index in [9.17, 15) is 4.79 Å². The lowest BCUT2D eigenvalue weighted by atomic mass is 9.86. The number of amides is 1. The number of carbonyl (C=O) groups excluding carboxylic acids is 1. The lowest BCUT2D eigenvalue weighted by Gasteiger charge is -2.40. The molecule has 0 aliphatic carbocycles. The van der Waals surface area contributed by atoms with Gasteiger partial charge in [0.1, 0.15) is 11.3 Å². The fraction of sp³-hybridized carbons (Fsp3) is 0.600. The molecular formula is C20H29N5O2. The van der Waals surface area contributed by atoms with E-state index in [-0.39, 0.29) is 11.3 Å². The van der Waals surface area contributed by atoms with Crippen LogP contribution in [0.3, 0.4) is 0 Å². The molecule has 2 aromatic rings. The Balaban J connectivity index is 1.45. The molecule has 7 nitrogen and oxygen atoms in total. The minimum atomic E-state index is -0.427. The molecular weight excluding hydrogens is 342 g/mol. The van der Waals surface area contributed by atoms with E-state index in [1.165, 1.54) is 0 Å². The van der Waals surface area contributed by atoms with E-state index >= 15 is 0 Å². The SMILES string of the molecule is COc1ccc2n[nH]c(CN3CCC4(CC3)NCC(C)(C)CNC4=O)c2c1. The molecule has 2 aliphatic heterocycles. The van der Waals surface area contributed by atoms with Crippen LogP contribution in [-0.4, -0.2) is 59.8 Å². The molecule has 2 saturated heterocycles. The van der Waals surface area contributed by atoms with Gasteiger partial charge in [-0.2, -0.15) is 5.10 Å². The molecule has 0 unspecified atom stereocenters. The molecule has 0 radical (unpaired) electrons. The van der Waals surface area contributed by atoms with Crippen LogP contribution >= 0.6 is 0 Å². The van der Waals surface area contributed by atoms with Crippen LogP contribution in [0.4, 0.5) is 0 Å². The zero-order valence-corrected chi connectivity index (χ0v) is 16.4. The van der Waals surface area contributed by atoms with Gasteiger partial charge in [0.15, 0.2) is 0 Å². The highest BCUT2D eigenvalue weighted by molar-refractivity contribution is 5.87. The maximum atomic E-state index is 12.7. The smallest absolute Gasteiger partial charge is 0.240 e. The van der Waals surface area contributed by atoms with E-state index in [4.69, 9.17) is 4.74 Å². The molecule has 4 rings (SSSR count). The topological polar surface area (TPSA) is 82.3 Å². The predicted octanol–water partition coefficient (Wildman–Crippen LogP) is 1.65. The summed E-state index contributed by atoms with van der Waals surface area (Å²) in [5, 5.41) is 15.4. The molecule has 1 aromatic heterocycles. The molecule has 27 heavy (non-hydrogen) atoms. The first-order chi connectivity index (χ1) is 12.9. The number of nitrogens with one attached hydrogen (secondary N) is 3. The number of piperidine rings is 1. The van der Waals surface area contributed by atoms with Crippen molar-refractivity contribution in [1.82, 2.24) is 25.7 Å². The molecule has 0 atom stereocenters. The number of hydrogen-bond acceptors (Lipinski definition) is 5. The van der Waals surface area contributed by atoms with Crippen molar-refractivity contribution in [2.24, 2.45) is 5.41 Å². The summed E-state index contributed by atoms with van der Waals surface area (Å²) in [5.41, 5.74) is 1.71. The Morgan fingerprint density at radius 1 is 1.22 bits per heavy atom. The van der Waals surface area contributed by atoms with Crippen LogP contribution in [0.1, 0.15) is 32.4 Å². The second-order valence-corrected chi connectivity index (χ2v) is 8.64. The van der Waals surface area contributed by atoms with Crippen molar-refractivity contribution in [3.05, 3.63) is 23.9 Å². The molecule has 3 N–H and O–H groups in total. The monoisotopic (exact) mass is 371 g/mol. The summed E-state index contributed by atoms with van der Waals surface area (Å²) in [5.74, 6) is 0.995. The average Bonchev–Trinajstić information content (AvgIpc) is 3.03. The number of methoxy groups -OCH3 is 1. The van der Waals surface area contributed by atoms with Crippen LogP contribution in [-0.2, 0) is 11.3 Å². The first-order valence-corrected chi connectivity index (χ1v) is 9.68. The Hall–Kier alpha value is -2.12. The van der Waals surface area contributed by atoms with Crippen LogP contribution in [0.15, 0.2) is 18.2 Å². The summed E-state index contributed by atoms with van der Waals surface area (Å²) in [6, 6.07) is 5.93. The maximum absolute atomic E-state index is 12.7. The van der Waals surface area contributed by atoms with Gasteiger partial charge in [0, 0.05) is 38.1 Å². The Morgan fingerprint density at radius 3 is 2.74 bits per heavy atom. The highest BCUT2D eigenvalue weighted by Gasteiger charge is 2.44. The highest BCUT2D eigenvalue weighted by atomic mass is 16.5. The highest BCUT2D eigenvalue weighted by Crippen LogP contribution is 2.29. The molecule has 1 amide bonds. The van der Waals surface area contributed by atoms with E-state index < -0.39 is 5.54 Å². The Labute approximate surface area is 159 Å². The molecule has 1 aromatic carbocycles. The van der Waals surface area contributed by atoms with E-state index in [0.29, 0.717) is 0 Å². The fourth-order valence-corrected chi connectivity index (χ4v) is 4.05. The van der Waals surface area contributed by atoms with Gasteiger partial charge < -0.3 is 15.4 Å². The van der Waals surface area contributed by atoms with Crippen molar-refractivity contribution in [3.63, 3.8) is 0 Å². The fourth-order valence-electron chi connectivity index (χ4n) is 4.05. The van der Waals surface area contributed by atoms with Crippen molar-refractivity contribution in [3.8, 4) is 5.75 Å². The zero-order chi connectivity index (χ0) is 19.1. The average molecular weight is 371 g/mol. The zero-order valence-electron chi connectivity index (χ0n) is 16.4. The molecule has 7 heteroatoms. The lowest BCUT2D eigenvalue weighted by molar-refractivity contribution is -0.129. The molecule has 146 valence electrons. The molecule has 3 heterocycles. The van der Waals surface area contributed by atoms with Gasteiger partial charge >= 0.3 is 0 Å². The summed E-state index contributed by atoms with van der Waals surface area (Å²) in [6.45, 7) is 8.52. The standard InChI is InChI=1S/C20H29N5O2/c1-19(2)12-21-18(26)20(22-13-19)6-8-25(9-7-20)11-17-15-10-14(27-3)4-5-16(15)23-24-17/h4-5,10,22H,6-9,11-13H2,1-3H3,(H,21,26)(H,23,24). The van der Waals surface area contributed by atoms with E-state index in [0.717, 1.165) is 67.9 Å². The maximum Gasteiger partial charge on any atom is 0.240 e. The Bertz CT molecular complexity index is 836. The molecule has 2 fully saturated rings. The Morgan fingerprint density at radius 2 is 2.00 bits per heavy atom. The van der Waals surface area contributed by atoms with Gasteiger partial charge in [-0.25, -0.2) is 0 Å². The van der Waals surface area contributed by atoms with Gasteiger partial charge in [-0.15, -0.1) is 0 Å². The number of aromatic amines is 1. The molecule has 1 spiro atoms. The third-order valence-corrected chi connectivity index (χ3v) is 6.00. The number of aromatic nitrogens is 2. The minimum Gasteiger partial charge on any atom is -0.497 e. The van der Waals surface area contributed by atoms with Crippen molar-refractivity contribution < 1.29 is 9.53 Å². The van der Waals surface area contributed by atoms with Crippen molar-refractivity contribution >= 4 is 16.8 Å². The van der Waals surface area contributed by atoms with Crippen LogP contribution < -0.4 is 15.4 Å². The lowest BCUT2D eigenvalue weighted by Crippen LogP contribution is -2.60. The Kier molecular flexibility index (Phi) is 4.60. The number of likely N-dealkylation sites (tertiary alicyclic amines) is 1. The summed E-state index contributed by atoms with van der Waals surface area (Å²) in [4.78, 5) is 15.1. The molecule has 0 saturated carbocycles. The van der Waals surface area contributed by atoms with Crippen LogP contribution in [0.5, 0.6) is 5.75 Å². The number of H-pyrrole nitrogens is 1. The number of rotatable bonds is 3. The van der Waals surface area contributed by atoms with Crippen molar-refractivity contribution in [1.29, 1.82) is 0 Å². The predicted molar refractivity (Wildman–Crippen MR) is 105 cm³/mol. The number of ether oxygens (including phenoxy) is 1. The largest absolute Gasteiger partial charge is 0.497 e. The number of nitrogens with zero attached hydrogens (tertiary/aromatic N) is 2. The summed E-state index contributed by atoms with van der Waals surface area (Å²) in [6.07, 6.45) is 1.65. The van der Waals surface area contributed by atoms with Gasteiger partial charge in [-0.1, -0.05) is 13.8 Å². The first kappa shape index (κ1) is 18.3. The number of benzene rings is 1. The molecule has 2 aliphatic rings.